The van der Waals surface area contributed by atoms with Crippen molar-refractivity contribution < 1.29 is 9.47 Å². The number of hydrogen-bond donors (Lipinski definition) is 1. The van der Waals surface area contributed by atoms with E-state index in [-0.39, 0.29) is 0 Å². The Morgan fingerprint density at radius 3 is 2.44 bits per heavy atom. The Balaban J connectivity index is 1.71. The molecule has 0 fully saturated rings. The molecule has 0 amide bonds. The molecule has 128 valence electrons. The number of hydrogen-bond acceptors (Lipinski definition) is 4. The summed E-state index contributed by atoms with van der Waals surface area (Å²) in [7, 11) is 4.07. The van der Waals surface area contributed by atoms with Gasteiger partial charge in [0.05, 0.1) is 12.3 Å². The molecule has 5 nitrogen and oxygen atoms in total. The number of likely N-dealkylation sites (N-methyl/N-ethyl adjacent to an activating group) is 1. The first kappa shape index (κ1) is 15.9. The van der Waals surface area contributed by atoms with Crippen LogP contribution >= 0.6 is 0 Å². The van der Waals surface area contributed by atoms with Gasteiger partial charge in [0.15, 0.2) is 0 Å². The molecule has 0 radical (unpaired) electrons. The van der Waals surface area contributed by atoms with Gasteiger partial charge in [0.25, 0.3) is 0 Å². The number of imidazole rings is 1. The average Bonchev–Trinajstić information content (AvgIpc) is 2.98. The van der Waals surface area contributed by atoms with Crippen LogP contribution in [-0.2, 0) is 11.3 Å². The van der Waals surface area contributed by atoms with Gasteiger partial charge >= 0.3 is 0 Å². The van der Waals surface area contributed by atoms with Gasteiger partial charge in [-0.3, -0.25) is 0 Å². The van der Waals surface area contributed by atoms with Gasteiger partial charge in [-0.2, -0.15) is 0 Å². The van der Waals surface area contributed by atoms with Gasteiger partial charge in [0.1, 0.15) is 29.6 Å². The number of rotatable bonds is 5. The SMILES string of the molecule is CN(C)CCOCc1nc2c([nH]1)-c1ccccc1Oc1ccccc1-2. The molecule has 0 spiro atoms. The van der Waals surface area contributed by atoms with Crippen LogP contribution in [0.1, 0.15) is 5.82 Å². The summed E-state index contributed by atoms with van der Waals surface area (Å²) in [6, 6.07) is 16.0. The first-order valence-electron chi connectivity index (χ1n) is 8.40. The molecule has 0 atom stereocenters. The van der Waals surface area contributed by atoms with Crippen LogP contribution in [0.2, 0.25) is 0 Å². The van der Waals surface area contributed by atoms with Crippen LogP contribution in [0.15, 0.2) is 48.5 Å². The van der Waals surface area contributed by atoms with Crippen molar-refractivity contribution in [1.82, 2.24) is 14.9 Å². The number of benzene rings is 2. The van der Waals surface area contributed by atoms with E-state index in [1.807, 2.05) is 56.6 Å². The van der Waals surface area contributed by atoms with E-state index in [4.69, 9.17) is 14.5 Å². The largest absolute Gasteiger partial charge is 0.456 e. The summed E-state index contributed by atoms with van der Waals surface area (Å²) in [5.41, 5.74) is 3.89. The van der Waals surface area contributed by atoms with Crippen LogP contribution in [0.25, 0.3) is 22.5 Å². The quantitative estimate of drug-likeness (QED) is 0.562. The zero-order valence-corrected chi connectivity index (χ0v) is 14.5. The highest BCUT2D eigenvalue weighted by Crippen LogP contribution is 2.45. The lowest BCUT2D eigenvalue weighted by Gasteiger charge is -2.09. The first-order chi connectivity index (χ1) is 12.2. The number of nitrogens with one attached hydrogen (secondary N) is 1. The zero-order valence-electron chi connectivity index (χ0n) is 14.5. The van der Waals surface area contributed by atoms with E-state index < -0.39 is 0 Å². The van der Waals surface area contributed by atoms with Crippen molar-refractivity contribution in [2.75, 3.05) is 27.2 Å². The normalized spacial score (nSPS) is 12.1. The van der Waals surface area contributed by atoms with Crippen LogP contribution in [0.5, 0.6) is 11.5 Å². The highest BCUT2D eigenvalue weighted by molar-refractivity contribution is 5.86. The Kier molecular flexibility index (Phi) is 4.26. The number of para-hydroxylation sites is 2. The summed E-state index contributed by atoms with van der Waals surface area (Å²) in [5, 5.41) is 0. The number of fused-ring (bicyclic) bond motifs is 5. The smallest absolute Gasteiger partial charge is 0.136 e. The molecule has 2 aromatic carbocycles. The molecule has 1 N–H and O–H groups in total. The van der Waals surface area contributed by atoms with Gasteiger partial charge < -0.3 is 19.4 Å². The van der Waals surface area contributed by atoms with Crippen LogP contribution in [-0.4, -0.2) is 42.1 Å². The van der Waals surface area contributed by atoms with Crippen molar-refractivity contribution in [3.8, 4) is 34.0 Å². The van der Waals surface area contributed by atoms with Gasteiger partial charge in [-0.25, -0.2) is 4.98 Å². The maximum atomic E-state index is 6.11. The summed E-state index contributed by atoms with van der Waals surface area (Å²) < 4.78 is 11.9. The molecule has 1 aliphatic heterocycles. The molecule has 3 aromatic rings. The van der Waals surface area contributed by atoms with E-state index in [1.165, 1.54) is 0 Å². The van der Waals surface area contributed by atoms with Crippen molar-refractivity contribution in [2.24, 2.45) is 0 Å². The molecular formula is C20H21N3O2. The minimum Gasteiger partial charge on any atom is -0.456 e. The molecule has 25 heavy (non-hydrogen) atoms. The van der Waals surface area contributed by atoms with Crippen LogP contribution in [0.4, 0.5) is 0 Å². The standard InChI is InChI=1S/C20H21N3O2/c1-23(2)11-12-24-13-18-21-19-14-7-3-5-9-16(14)25-17-10-6-4-8-15(17)20(19)22-18/h3-10H,11-13H2,1-2H3,(H,21,22). The molecule has 0 aliphatic carbocycles. The summed E-state index contributed by atoms with van der Waals surface area (Å²) in [5.74, 6) is 2.48. The maximum Gasteiger partial charge on any atom is 0.136 e. The predicted octanol–water partition coefficient (Wildman–Crippen LogP) is 3.93. The Morgan fingerprint density at radius 2 is 1.68 bits per heavy atom. The zero-order chi connectivity index (χ0) is 17.2. The molecule has 4 rings (SSSR count). The topological polar surface area (TPSA) is 50.4 Å². The minimum absolute atomic E-state index is 0.464. The fraction of sp³-hybridized carbons (Fsp3) is 0.250. The van der Waals surface area contributed by atoms with E-state index in [0.29, 0.717) is 13.2 Å². The van der Waals surface area contributed by atoms with Crippen molar-refractivity contribution in [3.63, 3.8) is 0 Å². The third-order valence-corrected chi connectivity index (χ3v) is 4.19. The predicted molar refractivity (Wildman–Crippen MR) is 97.7 cm³/mol. The van der Waals surface area contributed by atoms with Gasteiger partial charge in [-0.05, 0) is 38.4 Å². The second-order valence-electron chi connectivity index (χ2n) is 6.36. The molecule has 0 saturated carbocycles. The lowest BCUT2D eigenvalue weighted by atomic mass is 10.1. The Morgan fingerprint density at radius 1 is 1.00 bits per heavy atom. The fourth-order valence-corrected chi connectivity index (χ4v) is 2.93. The Labute approximate surface area is 147 Å². The van der Waals surface area contributed by atoms with E-state index in [2.05, 4.69) is 16.0 Å². The van der Waals surface area contributed by atoms with E-state index in [9.17, 15) is 0 Å². The summed E-state index contributed by atoms with van der Waals surface area (Å²) >= 11 is 0. The molecular weight excluding hydrogens is 314 g/mol. The van der Waals surface area contributed by atoms with Gasteiger partial charge in [-0.15, -0.1) is 0 Å². The molecule has 0 saturated heterocycles. The Bertz CT molecular complexity index is 823. The van der Waals surface area contributed by atoms with E-state index >= 15 is 0 Å². The molecule has 0 unspecified atom stereocenters. The monoisotopic (exact) mass is 335 g/mol. The number of aromatic nitrogens is 2. The lowest BCUT2D eigenvalue weighted by Crippen LogP contribution is -2.18. The van der Waals surface area contributed by atoms with E-state index in [1.54, 1.807) is 0 Å². The van der Waals surface area contributed by atoms with Crippen LogP contribution < -0.4 is 4.74 Å². The average molecular weight is 335 g/mol. The fourth-order valence-electron chi connectivity index (χ4n) is 2.93. The van der Waals surface area contributed by atoms with Crippen molar-refractivity contribution in [1.29, 1.82) is 0 Å². The highest BCUT2D eigenvalue weighted by atomic mass is 16.5. The molecule has 5 heteroatoms. The van der Waals surface area contributed by atoms with Crippen molar-refractivity contribution >= 4 is 0 Å². The van der Waals surface area contributed by atoms with Gasteiger partial charge in [0, 0.05) is 17.7 Å². The Hall–Kier alpha value is -2.63. The first-order valence-corrected chi connectivity index (χ1v) is 8.40. The van der Waals surface area contributed by atoms with E-state index in [0.717, 1.165) is 46.4 Å². The summed E-state index contributed by atoms with van der Waals surface area (Å²) in [6.45, 7) is 2.03. The third kappa shape index (κ3) is 3.16. The molecule has 1 aromatic heterocycles. The van der Waals surface area contributed by atoms with Crippen LogP contribution in [0.3, 0.4) is 0 Å². The molecule has 0 bridgehead atoms. The minimum atomic E-state index is 0.464. The van der Waals surface area contributed by atoms with Crippen LogP contribution in [0, 0.1) is 0 Å². The third-order valence-electron chi connectivity index (χ3n) is 4.19. The maximum absolute atomic E-state index is 6.11. The summed E-state index contributed by atoms with van der Waals surface area (Å²) in [4.78, 5) is 10.3. The number of nitrogens with zero attached hydrogens (tertiary/aromatic N) is 2. The molecule has 1 aliphatic rings. The highest BCUT2D eigenvalue weighted by Gasteiger charge is 2.23. The number of H-pyrrole nitrogens is 1. The summed E-state index contributed by atoms with van der Waals surface area (Å²) in [6.07, 6.45) is 0. The second-order valence-corrected chi connectivity index (χ2v) is 6.36. The second kappa shape index (κ2) is 6.70. The van der Waals surface area contributed by atoms with Gasteiger partial charge in [-0.1, -0.05) is 24.3 Å². The van der Waals surface area contributed by atoms with Crippen molar-refractivity contribution in [2.45, 2.75) is 6.61 Å². The number of aromatic amines is 1. The van der Waals surface area contributed by atoms with Crippen molar-refractivity contribution in [3.05, 3.63) is 54.4 Å². The van der Waals surface area contributed by atoms with Gasteiger partial charge in [0.2, 0.25) is 0 Å². The number of ether oxygens (including phenoxy) is 2. The molecule has 2 heterocycles. The lowest BCUT2D eigenvalue weighted by molar-refractivity contribution is 0.101.